The molecule has 0 bridgehead atoms. The predicted molar refractivity (Wildman–Crippen MR) is 64.8 cm³/mol. The molecule has 0 aliphatic heterocycles. The molecule has 2 heteroatoms. The fourth-order valence-corrected chi connectivity index (χ4v) is 2.10. The molecule has 0 radical (unpaired) electrons. The Bertz CT molecular complexity index is 358. The first kappa shape index (κ1) is 11.6. The fourth-order valence-electron chi connectivity index (χ4n) is 2.10. The van der Waals surface area contributed by atoms with Crippen molar-refractivity contribution in [2.24, 2.45) is 5.41 Å². The van der Waals surface area contributed by atoms with Gasteiger partial charge in [-0.25, -0.2) is 4.39 Å². The molecule has 1 saturated carbocycles. The molecule has 1 aliphatic rings. The zero-order valence-corrected chi connectivity index (χ0v) is 10.1. The maximum absolute atomic E-state index is 13.1. The second-order valence-electron chi connectivity index (χ2n) is 5.01. The number of rotatable bonds is 5. The lowest BCUT2D eigenvalue weighted by atomic mass is 10.0. The summed E-state index contributed by atoms with van der Waals surface area (Å²) < 4.78 is 13.1. The van der Waals surface area contributed by atoms with Crippen LogP contribution < -0.4 is 5.32 Å². The summed E-state index contributed by atoms with van der Waals surface area (Å²) in [5.74, 6) is -0.150. The van der Waals surface area contributed by atoms with Gasteiger partial charge >= 0.3 is 0 Å². The minimum absolute atomic E-state index is 0.150. The maximum atomic E-state index is 13.1. The monoisotopic (exact) mass is 221 g/mol. The van der Waals surface area contributed by atoms with Gasteiger partial charge in [0.25, 0.3) is 0 Å². The Kier molecular flexibility index (Phi) is 3.29. The third-order valence-electron chi connectivity index (χ3n) is 3.84. The van der Waals surface area contributed by atoms with Gasteiger partial charge in [-0.1, -0.05) is 19.1 Å². The van der Waals surface area contributed by atoms with Crippen LogP contribution >= 0.6 is 0 Å². The molecule has 88 valence electrons. The topological polar surface area (TPSA) is 12.0 Å². The zero-order chi connectivity index (χ0) is 11.6. The van der Waals surface area contributed by atoms with Crippen LogP contribution in [0.1, 0.15) is 44.7 Å². The van der Waals surface area contributed by atoms with Gasteiger partial charge in [0, 0.05) is 12.6 Å². The molecule has 1 aliphatic carbocycles. The van der Waals surface area contributed by atoms with Crippen molar-refractivity contribution >= 4 is 0 Å². The quantitative estimate of drug-likeness (QED) is 0.800. The molecule has 1 unspecified atom stereocenters. The van der Waals surface area contributed by atoms with Crippen molar-refractivity contribution in [2.45, 2.75) is 39.2 Å². The van der Waals surface area contributed by atoms with Gasteiger partial charge in [-0.15, -0.1) is 0 Å². The Morgan fingerprint density at radius 2 is 2.19 bits per heavy atom. The maximum Gasteiger partial charge on any atom is 0.123 e. The average Bonchev–Trinajstić information content (AvgIpc) is 3.07. The lowest BCUT2D eigenvalue weighted by Crippen LogP contribution is -2.26. The van der Waals surface area contributed by atoms with E-state index in [1.54, 1.807) is 12.1 Å². The summed E-state index contributed by atoms with van der Waals surface area (Å²) in [5, 5.41) is 3.51. The van der Waals surface area contributed by atoms with Gasteiger partial charge < -0.3 is 5.32 Å². The van der Waals surface area contributed by atoms with Gasteiger partial charge in [0.15, 0.2) is 0 Å². The van der Waals surface area contributed by atoms with Crippen molar-refractivity contribution in [2.75, 3.05) is 6.54 Å². The molecule has 1 N–H and O–H groups in total. The molecule has 16 heavy (non-hydrogen) atoms. The molecule has 0 heterocycles. The first-order valence-electron chi connectivity index (χ1n) is 6.14. The van der Waals surface area contributed by atoms with E-state index in [4.69, 9.17) is 0 Å². The summed E-state index contributed by atoms with van der Waals surface area (Å²) in [6.07, 6.45) is 3.93. The highest BCUT2D eigenvalue weighted by Crippen LogP contribution is 2.48. The predicted octanol–water partition coefficient (Wildman–Crippen LogP) is 3.67. The number of nitrogens with one attached hydrogen (secondary N) is 1. The van der Waals surface area contributed by atoms with Crippen molar-refractivity contribution in [3.05, 3.63) is 35.6 Å². The molecule has 0 aromatic heterocycles. The Hall–Kier alpha value is -0.890. The van der Waals surface area contributed by atoms with Crippen molar-refractivity contribution in [1.82, 2.24) is 5.32 Å². The van der Waals surface area contributed by atoms with E-state index in [9.17, 15) is 4.39 Å². The lowest BCUT2D eigenvalue weighted by molar-refractivity contribution is 0.414. The fraction of sp³-hybridized carbons (Fsp3) is 0.571. The minimum Gasteiger partial charge on any atom is -0.310 e. The number of benzene rings is 1. The van der Waals surface area contributed by atoms with E-state index in [0.717, 1.165) is 12.1 Å². The molecule has 1 fully saturated rings. The van der Waals surface area contributed by atoms with E-state index in [1.165, 1.54) is 25.3 Å². The Morgan fingerprint density at radius 1 is 1.44 bits per heavy atom. The summed E-state index contributed by atoms with van der Waals surface area (Å²) in [6.45, 7) is 5.41. The summed E-state index contributed by atoms with van der Waals surface area (Å²) in [4.78, 5) is 0. The average molecular weight is 221 g/mol. The van der Waals surface area contributed by atoms with E-state index in [0.29, 0.717) is 5.41 Å². The van der Waals surface area contributed by atoms with Crippen LogP contribution in [-0.2, 0) is 0 Å². The molecule has 0 amide bonds. The number of halogens is 1. The Labute approximate surface area is 97.1 Å². The van der Waals surface area contributed by atoms with Gasteiger partial charge in [-0.2, -0.15) is 0 Å². The van der Waals surface area contributed by atoms with E-state index >= 15 is 0 Å². The molecule has 1 nitrogen and oxygen atoms in total. The molecule has 1 aromatic carbocycles. The summed E-state index contributed by atoms with van der Waals surface area (Å²) in [6, 6.07) is 7.09. The standard InChI is InChI=1S/C14H20FN/c1-3-14(7-8-14)10-16-11(2)12-5-4-6-13(15)9-12/h4-6,9,11,16H,3,7-8,10H2,1-2H3. The highest BCUT2D eigenvalue weighted by Gasteiger charge is 2.40. The van der Waals surface area contributed by atoms with Crippen molar-refractivity contribution in [1.29, 1.82) is 0 Å². The molecular formula is C14H20FN. The van der Waals surface area contributed by atoms with Crippen LogP contribution in [0.5, 0.6) is 0 Å². The summed E-state index contributed by atoms with van der Waals surface area (Å²) in [7, 11) is 0. The van der Waals surface area contributed by atoms with E-state index in [-0.39, 0.29) is 11.9 Å². The molecule has 0 saturated heterocycles. The SMILES string of the molecule is CCC1(CNC(C)c2cccc(F)c2)CC1. The van der Waals surface area contributed by atoms with Gasteiger partial charge in [0.1, 0.15) is 5.82 Å². The smallest absolute Gasteiger partial charge is 0.123 e. The van der Waals surface area contributed by atoms with E-state index in [2.05, 4.69) is 19.2 Å². The Balaban J connectivity index is 1.90. The van der Waals surface area contributed by atoms with Gasteiger partial charge in [-0.05, 0) is 49.3 Å². The molecule has 0 spiro atoms. The van der Waals surface area contributed by atoms with Crippen LogP contribution in [0.3, 0.4) is 0 Å². The first-order valence-corrected chi connectivity index (χ1v) is 6.14. The van der Waals surface area contributed by atoms with Gasteiger partial charge in [-0.3, -0.25) is 0 Å². The summed E-state index contributed by atoms with van der Waals surface area (Å²) in [5.41, 5.74) is 1.58. The van der Waals surface area contributed by atoms with Crippen LogP contribution in [-0.4, -0.2) is 6.54 Å². The third-order valence-corrected chi connectivity index (χ3v) is 3.84. The molecule has 2 rings (SSSR count). The van der Waals surface area contributed by atoms with Crippen LogP contribution in [0, 0.1) is 11.2 Å². The molecule has 1 atom stereocenters. The molecular weight excluding hydrogens is 201 g/mol. The van der Waals surface area contributed by atoms with Crippen LogP contribution in [0.4, 0.5) is 4.39 Å². The largest absolute Gasteiger partial charge is 0.310 e. The number of hydrogen-bond donors (Lipinski definition) is 1. The molecule has 1 aromatic rings. The van der Waals surface area contributed by atoms with Crippen molar-refractivity contribution < 1.29 is 4.39 Å². The van der Waals surface area contributed by atoms with Crippen molar-refractivity contribution in [3.8, 4) is 0 Å². The minimum atomic E-state index is -0.150. The number of hydrogen-bond acceptors (Lipinski definition) is 1. The third kappa shape index (κ3) is 2.62. The van der Waals surface area contributed by atoms with Gasteiger partial charge in [0.2, 0.25) is 0 Å². The van der Waals surface area contributed by atoms with Crippen LogP contribution in [0.15, 0.2) is 24.3 Å². The second kappa shape index (κ2) is 4.54. The van der Waals surface area contributed by atoms with E-state index < -0.39 is 0 Å². The van der Waals surface area contributed by atoms with Crippen molar-refractivity contribution in [3.63, 3.8) is 0 Å². The highest BCUT2D eigenvalue weighted by molar-refractivity contribution is 5.19. The normalized spacial score (nSPS) is 19.4. The lowest BCUT2D eigenvalue weighted by Gasteiger charge is -2.19. The first-order chi connectivity index (χ1) is 7.65. The highest BCUT2D eigenvalue weighted by atomic mass is 19.1. The van der Waals surface area contributed by atoms with Crippen LogP contribution in [0.2, 0.25) is 0 Å². The zero-order valence-electron chi connectivity index (χ0n) is 10.1. The second-order valence-corrected chi connectivity index (χ2v) is 5.01. The van der Waals surface area contributed by atoms with E-state index in [1.807, 2.05) is 6.07 Å². The summed E-state index contributed by atoms with van der Waals surface area (Å²) >= 11 is 0. The van der Waals surface area contributed by atoms with Gasteiger partial charge in [0.05, 0.1) is 0 Å². The Morgan fingerprint density at radius 3 is 2.75 bits per heavy atom. The van der Waals surface area contributed by atoms with Crippen LogP contribution in [0.25, 0.3) is 0 Å².